The van der Waals surface area contributed by atoms with Crippen LogP contribution in [0.25, 0.3) is 0 Å². The number of aryl methyl sites for hydroxylation is 1. The van der Waals surface area contributed by atoms with Crippen LogP contribution in [-0.2, 0) is 6.54 Å². The smallest absolute Gasteiger partial charge is 0.130 e. The van der Waals surface area contributed by atoms with E-state index < -0.39 is 17.7 Å². The minimum absolute atomic E-state index is 0.0377. The number of hydrogen-bond donors (Lipinski definition) is 1. The Bertz CT molecular complexity index is 560. The van der Waals surface area contributed by atoms with Crippen molar-refractivity contribution < 1.29 is 8.78 Å². The molecule has 1 heterocycles. The van der Waals surface area contributed by atoms with Gasteiger partial charge >= 0.3 is 0 Å². The summed E-state index contributed by atoms with van der Waals surface area (Å²) >= 11 is 0. The normalized spacial score (nSPS) is 14.2. The maximum Gasteiger partial charge on any atom is 0.130 e. The predicted molar refractivity (Wildman–Crippen MR) is 74.2 cm³/mol. The molecule has 1 aromatic heterocycles. The molecule has 2 aromatic rings. The first-order valence-electron chi connectivity index (χ1n) is 6.75. The van der Waals surface area contributed by atoms with Crippen LogP contribution in [0.5, 0.6) is 0 Å². The second-order valence-electron chi connectivity index (χ2n) is 4.87. The molecule has 0 saturated carbocycles. The van der Waals surface area contributed by atoms with Crippen LogP contribution in [0.4, 0.5) is 8.78 Å². The Labute approximate surface area is 117 Å². The Morgan fingerprint density at radius 2 is 1.85 bits per heavy atom. The zero-order chi connectivity index (χ0) is 14.7. The van der Waals surface area contributed by atoms with E-state index >= 15 is 0 Å². The van der Waals surface area contributed by atoms with Crippen LogP contribution in [0.3, 0.4) is 0 Å². The van der Waals surface area contributed by atoms with Crippen molar-refractivity contribution in [3.63, 3.8) is 0 Å². The molecule has 2 atom stereocenters. The second-order valence-corrected chi connectivity index (χ2v) is 4.87. The lowest BCUT2D eigenvalue weighted by molar-refractivity contribution is 0.449. The van der Waals surface area contributed by atoms with Gasteiger partial charge in [-0.3, -0.25) is 4.68 Å². The first-order chi connectivity index (χ1) is 9.52. The first-order valence-corrected chi connectivity index (χ1v) is 6.75. The first kappa shape index (κ1) is 14.7. The highest BCUT2D eigenvalue weighted by atomic mass is 19.1. The van der Waals surface area contributed by atoms with Crippen molar-refractivity contribution in [2.75, 3.05) is 0 Å². The van der Waals surface area contributed by atoms with E-state index in [4.69, 9.17) is 0 Å². The van der Waals surface area contributed by atoms with Crippen molar-refractivity contribution in [2.45, 2.75) is 39.4 Å². The van der Waals surface area contributed by atoms with Gasteiger partial charge in [0.1, 0.15) is 11.6 Å². The van der Waals surface area contributed by atoms with E-state index in [1.807, 2.05) is 24.7 Å². The van der Waals surface area contributed by atoms with E-state index in [-0.39, 0.29) is 11.6 Å². The van der Waals surface area contributed by atoms with Crippen molar-refractivity contribution in [2.24, 2.45) is 0 Å². The fourth-order valence-corrected chi connectivity index (χ4v) is 2.26. The molecule has 1 N–H and O–H groups in total. The molecule has 0 radical (unpaired) electrons. The van der Waals surface area contributed by atoms with Gasteiger partial charge in [0.15, 0.2) is 0 Å². The summed E-state index contributed by atoms with van der Waals surface area (Å²) in [7, 11) is 0. The van der Waals surface area contributed by atoms with Gasteiger partial charge in [-0.05, 0) is 32.9 Å². The minimum atomic E-state index is -0.526. The molecule has 3 nitrogen and oxygen atoms in total. The van der Waals surface area contributed by atoms with Crippen molar-refractivity contribution >= 4 is 0 Å². The Balaban J connectivity index is 2.12. The van der Waals surface area contributed by atoms with Crippen LogP contribution < -0.4 is 5.32 Å². The van der Waals surface area contributed by atoms with Crippen LogP contribution in [-0.4, -0.2) is 9.78 Å². The SMILES string of the molecule is CCn1cc(C(C)NC(C)c2c(F)cccc2F)cn1. The average molecular weight is 279 g/mol. The lowest BCUT2D eigenvalue weighted by atomic mass is 10.0. The summed E-state index contributed by atoms with van der Waals surface area (Å²) in [5.74, 6) is -1.05. The minimum Gasteiger partial charge on any atom is -0.303 e. The van der Waals surface area contributed by atoms with E-state index in [0.717, 1.165) is 12.1 Å². The molecule has 0 saturated heterocycles. The molecule has 0 aliphatic heterocycles. The van der Waals surface area contributed by atoms with Crippen LogP contribution in [0.2, 0.25) is 0 Å². The van der Waals surface area contributed by atoms with Crippen LogP contribution in [0.15, 0.2) is 30.6 Å². The number of aromatic nitrogens is 2. The quantitative estimate of drug-likeness (QED) is 0.906. The summed E-state index contributed by atoms with van der Waals surface area (Å²) in [6, 6.07) is 3.46. The molecule has 0 fully saturated rings. The molecule has 0 spiro atoms. The van der Waals surface area contributed by atoms with E-state index in [9.17, 15) is 8.78 Å². The van der Waals surface area contributed by atoms with Gasteiger partial charge in [-0.2, -0.15) is 5.10 Å². The Morgan fingerprint density at radius 3 is 2.40 bits per heavy atom. The number of nitrogens with zero attached hydrogens (tertiary/aromatic N) is 2. The number of benzene rings is 1. The lowest BCUT2D eigenvalue weighted by Crippen LogP contribution is -2.24. The highest BCUT2D eigenvalue weighted by Gasteiger charge is 2.18. The molecule has 0 amide bonds. The zero-order valence-electron chi connectivity index (χ0n) is 11.9. The van der Waals surface area contributed by atoms with Gasteiger partial charge in [-0.25, -0.2) is 8.78 Å². The maximum atomic E-state index is 13.7. The molecule has 0 aliphatic carbocycles. The van der Waals surface area contributed by atoms with E-state index in [0.29, 0.717) is 0 Å². The van der Waals surface area contributed by atoms with Crippen molar-refractivity contribution in [1.82, 2.24) is 15.1 Å². The lowest BCUT2D eigenvalue weighted by Gasteiger charge is -2.20. The Kier molecular flexibility index (Phi) is 4.49. The Hall–Kier alpha value is -1.75. The summed E-state index contributed by atoms with van der Waals surface area (Å²) in [5, 5.41) is 7.40. The van der Waals surface area contributed by atoms with E-state index in [1.54, 1.807) is 13.1 Å². The third kappa shape index (κ3) is 3.04. The summed E-state index contributed by atoms with van der Waals surface area (Å²) in [6.45, 7) is 6.50. The molecule has 0 aliphatic rings. The number of hydrogen-bond acceptors (Lipinski definition) is 2. The molecule has 20 heavy (non-hydrogen) atoms. The highest BCUT2D eigenvalue weighted by molar-refractivity contribution is 5.23. The van der Waals surface area contributed by atoms with Crippen LogP contribution in [0.1, 0.15) is 44.0 Å². The largest absolute Gasteiger partial charge is 0.303 e. The summed E-state index contributed by atoms with van der Waals surface area (Å²) in [5.41, 5.74) is 1.07. The van der Waals surface area contributed by atoms with Crippen LogP contribution >= 0.6 is 0 Å². The molecule has 108 valence electrons. The molecular formula is C15H19F2N3. The predicted octanol–water partition coefficient (Wildman–Crippen LogP) is 3.59. The highest BCUT2D eigenvalue weighted by Crippen LogP contribution is 2.23. The second kappa shape index (κ2) is 6.13. The van der Waals surface area contributed by atoms with Gasteiger partial charge in [-0.1, -0.05) is 6.07 Å². The van der Waals surface area contributed by atoms with Crippen molar-refractivity contribution in [1.29, 1.82) is 0 Å². The fourth-order valence-electron chi connectivity index (χ4n) is 2.26. The fraction of sp³-hybridized carbons (Fsp3) is 0.400. The molecule has 0 bridgehead atoms. The maximum absolute atomic E-state index is 13.7. The zero-order valence-corrected chi connectivity index (χ0v) is 11.9. The monoisotopic (exact) mass is 279 g/mol. The number of rotatable bonds is 5. The number of halogens is 2. The van der Waals surface area contributed by atoms with Gasteiger partial charge < -0.3 is 5.32 Å². The third-order valence-corrected chi connectivity index (χ3v) is 3.41. The molecular weight excluding hydrogens is 260 g/mol. The molecule has 2 unspecified atom stereocenters. The van der Waals surface area contributed by atoms with Crippen molar-refractivity contribution in [3.8, 4) is 0 Å². The average Bonchev–Trinajstić information content (AvgIpc) is 2.87. The van der Waals surface area contributed by atoms with E-state index in [2.05, 4.69) is 10.4 Å². The summed E-state index contributed by atoms with van der Waals surface area (Å²) < 4.78 is 29.3. The standard InChI is InChI=1S/C15H19F2N3/c1-4-20-9-12(8-18-20)10(2)19-11(3)15-13(16)6-5-7-14(15)17/h5-11,19H,4H2,1-3H3. The summed E-state index contributed by atoms with van der Waals surface area (Å²) in [4.78, 5) is 0. The van der Waals surface area contributed by atoms with Gasteiger partial charge in [0.25, 0.3) is 0 Å². The number of nitrogens with one attached hydrogen (secondary N) is 1. The van der Waals surface area contributed by atoms with Gasteiger partial charge in [0.2, 0.25) is 0 Å². The molecule has 2 rings (SSSR count). The van der Waals surface area contributed by atoms with Crippen LogP contribution in [0, 0.1) is 11.6 Å². The molecule has 5 heteroatoms. The third-order valence-electron chi connectivity index (χ3n) is 3.41. The van der Waals surface area contributed by atoms with E-state index in [1.165, 1.54) is 18.2 Å². The Morgan fingerprint density at radius 1 is 1.20 bits per heavy atom. The molecule has 1 aromatic carbocycles. The van der Waals surface area contributed by atoms with Crippen molar-refractivity contribution in [3.05, 3.63) is 53.4 Å². The van der Waals surface area contributed by atoms with Gasteiger partial charge in [0, 0.05) is 36.0 Å². The topological polar surface area (TPSA) is 29.9 Å². The van der Waals surface area contributed by atoms with Gasteiger partial charge in [-0.15, -0.1) is 0 Å². The van der Waals surface area contributed by atoms with Gasteiger partial charge in [0.05, 0.1) is 6.20 Å². The summed E-state index contributed by atoms with van der Waals surface area (Å²) in [6.07, 6.45) is 3.70.